The number of ether oxygens (including phenoxy) is 4. The summed E-state index contributed by atoms with van der Waals surface area (Å²) in [6.45, 7) is 2.94. The topological polar surface area (TPSA) is 66.0 Å². The predicted molar refractivity (Wildman–Crippen MR) is 97.5 cm³/mol. The fourth-order valence-corrected chi connectivity index (χ4v) is 2.90. The van der Waals surface area contributed by atoms with Gasteiger partial charge in [0.15, 0.2) is 11.5 Å². The second-order valence-electron chi connectivity index (χ2n) is 5.91. The molecule has 26 heavy (non-hydrogen) atoms. The lowest BCUT2D eigenvalue weighted by atomic mass is 10.0. The molecule has 1 atom stereocenters. The molecule has 1 heterocycles. The Kier molecular flexibility index (Phi) is 5.51. The predicted octanol–water partition coefficient (Wildman–Crippen LogP) is 3.36. The van der Waals surface area contributed by atoms with E-state index in [0.29, 0.717) is 36.0 Å². The molecule has 0 saturated heterocycles. The van der Waals surface area contributed by atoms with Crippen LogP contribution in [-0.4, -0.2) is 33.3 Å². The van der Waals surface area contributed by atoms with Crippen LogP contribution in [-0.2, 0) is 0 Å². The second kappa shape index (κ2) is 7.99. The minimum absolute atomic E-state index is 0.104. The Hall–Kier alpha value is -2.89. The molecule has 2 aromatic carbocycles. The Bertz CT molecular complexity index is 755. The SMILES string of the molecule is CCC(NC(=O)c1cc(OC)c2c(c1)OCCO2)c1ccc(OC)cc1. The minimum Gasteiger partial charge on any atom is -0.497 e. The highest BCUT2D eigenvalue weighted by Gasteiger charge is 2.22. The maximum Gasteiger partial charge on any atom is 0.252 e. The molecular formula is C20H23NO5. The fourth-order valence-electron chi connectivity index (χ4n) is 2.90. The summed E-state index contributed by atoms with van der Waals surface area (Å²) in [5, 5.41) is 3.06. The third kappa shape index (κ3) is 3.69. The molecule has 3 rings (SSSR count). The van der Waals surface area contributed by atoms with Gasteiger partial charge in [-0.1, -0.05) is 19.1 Å². The number of carbonyl (C=O) groups excluding carboxylic acids is 1. The number of nitrogens with one attached hydrogen (secondary N) is 1. The summed E-state index contributed by atoms with van der Waals surface area (Å²) in [4.78, 5) is 12.8. The molecule has 1 aliphatic rings. The standard InChI is InChI=1S/C20H23NO5/c1-4-16(13-5-7-15(23-2)8-6-13)21-20(22)14-11-17(24-3)19-18(12-14)25-9-10-26-19/h5-8,11-12,16H,4,9-10H2,1-3H3,(H,21,22). The first-order chi connectivity index (χ1) is 12.7. The summed E-state index contributed by atoms with van der Waals surface area (Å²) in [5.41, 5.74) is 1.49. The molecule has 0 aliphatic carbocycles. The third-order valence-corrected chi connectivity index (χ3v) is 4.32. The number of hydrogen-bond donors (Lipinski definition) is 1. The molecule has 6 nitrogen and oxygen atoms in total. The first kappa shape index (κ1) is 17.9. The van der Waals surface area contributed by atoms with Gasteiger partial charge in [0, 0.05) is 5.56 Å². The fraction of sp³-hybridized carbons (Fsp3) is 0.350. The van der Waals surface area contributed by atoms with Crippen LogP contribution in [0.1, 0.15) is 35.3 Å². The van der Waals surface area contributed by atoms with E-state index in [1.165, 1.54) is 0 Å². The Morgan fingerprint density at radius 1 is 1.12 bits per heavy atom. The average molecular weight is 357 g/mol. The van der Waals surface area contributed by atoms with Gasteiger partial charge in [-0.3, -0.25) is 4.79 Å². The van der Waals surface area contributed by atoms with Crippen molar-refractivity contribution in [3.05, 3.63) is 47.5 Å². The summed E-state index contributed by atoms with van der Waals surface area (Å²) >= 11 is 0. The van der Waals surface area contributed by atoms with Crippen molar-refractivity contribution in [1.82, 2.24) is 5.32 Å². The van der Waals surface area contributed by atoms with Crippen molar-refractivity contribution in [1.29, 1.82) is 0 Å². The van der Waals surface area contributed by atoms with Crippen molar-refractivity contribution in [3.63, 3.8) is 0 Å². The van der Waals surface area contributed by atoms with E-state index in [1.807, 2.05) is 31.2 Å². The summed E-state index contributed by atoms with van der Waals surface area (Å²) in [6.07, 6.45) is 0.764. The van der Waals surface area contributed by atoms with Gasteiger partial charge in [-0.15, -0.1) is 0 Å². The molecule has 138 valence electrons. The first-order valence-electron chi connectivity index (χ1n) is 8.58. The molecule has 0 spiro atoms. The molecule has 0 fully saturated rings. The Morgan fingerprint density at radius 2 is 1.85 bits per heavy atom. The monoisotopic (exact) mass is 357 g/mol. The van der Waals surface area contributed by atoms with Gasteiger partial charge in [-0.25, -0.2) is 0 Å². The van der Waals surface area contributed by atoms with Crippen molar-refractivity contribution >= 4 is 5.91 Å². The number of carbonyl (C=O) groups is 1. The summed E-state index contributed by atoms with van der Waals surface area (Å²) in [5.74, 6) is 2.15. The minimum atomic E-state index is -0.192. The van der Waals surface area contributed by atoms with E-state index >= 15 is 0 Å². The third-order valence-electron chi connectivity index (χ3n) is 4.32. The maximum atomic E-state index is 12.8. The van der Waals surface area contributed by atoms with Gasteiger partial charge in [0.1, 0.15) is 19.0 Å². The zero-order chi connectivity index (χ0) is 18.5. The smallest absolute Gasteiger partial charge is 0.252 e. The second-order valence-corrected chi connectivity index (χ2v) is 5.91. The van der Waals surface area contributed by atoms with Crippen LogP contribution < -0.4 is 24.3 Å². The van der Waals surface area contributed by atoms with Crippen LogP contribution in [0, 0.1) is 0 Å². The van der Waals surface area contributed by atoms with E-state index in [0.717, 1.165) is 17.7 Å². The molecule has 6 heteroatoms. The van der Waals surface area contributed by atoms with Crippen LogP contribution in [0.3, 0.4) is 0 Å². The van der Waals surface area contributed by atoms with E-state index in [1.54, 1.807) is 26.4 Å². The van der Waals surface area contributed by atoms with Crippen LogP contribution >= 0.6 is 0 Å². The lowest BCUT2D eigenvalue weighted by Crippen LogP contribution is -2.28. The van der Waals surface area contributed by atoms with Gasteiger partial charge in [0.2, 0.25) is 5.75 Å². The van der Waals surface area contributed by atoms with E-state index in [2.05, 4.69) is 5.32 Å². The van der Waals surface area contributed by atoms with Gasteiger partial charge >= 0.3 is 0 Å². The van der Waals surface area contributed by atoms with Gasteiger partial charge in [-0.2, -0.15) is 0 Å². The number of fused-ring (bicyclic) bond motifs is 1. The highest BCUT2D eigenvalue weighted by atomic mass is 16.6. The normalized spacial score (nSPS) is 13.7. The van der Waals surface area contributed by atoms with Gasteiger partial charge in [0.25, 0.3) is 5.91 Å². The number of hydrogen-bond acceptors (Lipinski definition) is 5. The molecule has 2 aromatic rings. The molecule has 1 aliphatic heterocycles. The summed E-state index contributed by atoms with van der Waals surface area (Å²) < 4.78 is 21.7. The van der Waals surface area contributed by atoms with E-state index in [4.69, 9.17) is 18.9 Å². The molecule has 1 unspecified atom stereocenters. The Morgan fingerprint density at radius 3 is 2.50 bits per heavy atom. The summed E-state index contributed by atoms with van der Waals surface area (Å²) in [7, 11) is 3.17. The largest absolute Gasteiger partial charge is 0.497 e. The highest BCUT2D eigenvalue weighted by molar-refractivity contribution is 5.96. The van der Waals surface area contributed by atoms with Gasteiger partial charge in [0.05, 0.1) is 20.3 Å². The van der Waals surface area contributed by atoms with Gasteiger partial charge in [-0.05, 0) is 36.2 Å². The van der Waals surface area contributed by atoms with Gasteiger partial charge < -0.3 is 24.3 Å². The Labute approximate surface area is 153 Å². The molecule has 1 N–H and O–H groups in total. The van der Waals surface area contributed by atoms with Crippen LogP contribution in [0.5, 0.6) is 23.0 Å². The molecule has 0 bridgehead atoms. The van der Waals surface area contributed by atoms with E-state index < -0.39 is 0 Å². The molecular weight excluding hydrogens is 334 g/mol. The van der Waals surface area contributed by atoms with Crippen LogP contribution in [0.15, 0.2) is 36.4 Å². The van der Waals surface area contributed by atoms with E-state index in [9.17, 15) is 4.79 Å². The van der Waals surface area contributed by atoms with Crippen molar-refractivity contribution < 1.29 is 23.7 Å². The average Bonchev–Trinajstić information content (AvgIpc) is 2.71. The van der Waals surface area contributed by atoms with Crippen molar-refractivity contribution in [2.75, 3.05) is 27.4 Å². The molecule has 0 saturated carbocycles. The number of methoxy groups -OCH3 is 2. The van der Waals surface area contributed by atoms with Crippen molar-refractivity contribution in [2.24, 2.45) is 0 Å². The first-order valence-corrected chi connectivity index (χ1v) is 8.58. The maximum absolute atomic E-state index is 12.8. The van der Waals surface area contributed by atoms with E-state index in [-0.39, 0.29) is 11.9 Å². The number of benzene rings is 2. The van der Waals surface area contributed by atoms with Crippen LogP contribution in [0.2, 0.25) is 0 Å². The lowest BCUT2D eigenvalue weighted by Gasteiger charge is -2.22. The zero-order valence-electron chi connectivity index (χ0n) is 15.2. The highest BCUT2D eigenvalue weighted by Crippen LogP contribution is 2.40. The van der Waals surface area contributed by atoms with Crippen molar-refractivity contribution in [3.8, 4) is 23.0 Å². The van der Waals surface area contributed by atoms with Crippen LogP contribution in [0.4, 0.5) is 0 Å². The number of amides is 1. The zero-order valence-corrected chi connectivity index (χ0v) is 15.2. The Balaban J connectivity index is 1.81. The summed E-state index contributed by atoms with van der Waals surface area (Å²) in [6, 6.07) is 10.9. The molecule has 1 amide bonds. The molecule has 0 aromatic heterocycles. The quantitative estimate of drug-likeness (QED) is 0.859. The lowest BCUT2D eigenvalue weighted by molar-refractivity contribution is 0.0933. The van der Waals surface area contributed by atoms with Crippen molar-refractivity contribution in [2.45, 2.75) is 19.4 Å². The number of rotatable bonds is 6. The molecule has 0 radical (unpaired) electrons. The van der Waals surface area contributed by atoms with Crippen LogP contribution in [0.25, 0.3) is 0 Å².